The van der Waals surface area contributed by atoms with Crippen LogP contribution in [0.1, 0.15) is 26.3 Å². The zero-order valence-corrected chi connectivity index (χ0v) is 13.6. The minimum atomic E-state index is -0.833. The van der Waals surface area contributed by atoms with Gasteiger partial charge in [0.15, 0.2) is 5.60 Å². The molecule has 21 heavy (non-hydrogen) atoms. The van der Waals surface area contributed by atoms with E-state index >= 15 is 0 Å². The van der Waals surface area contributed by atoms with Crippen LogP contribution in [0, 0.1) is 6.92 Å². The molecule has 2 rings (SSSR count). The first-order valence-electron chi connectivity index (χ1n) is 7.70. The van der Waals surface area contributed by atoms with Crippen molar-refractivity contribution in [1.82, 2.24) is 9.80 Å². The van der Waals surface area contributed by atoms with E-state index in [4.69, 9.17) is 4.74 Å². The van der Waals surface area contributed by atoms with Crippen molar-refractivity contribution >= 4 is 5.91 Å². The molecule has 0 atom stereocenters. The van der Waals surface area contributed by atoms with Gasteiger partial charge in [0.05, 0.1) is 0 Å². The molecule has 116 valence electrons. The lowest BCUT2D eigenvalue weighted by Crippen LogP contribution is -2.55. The maximum Gasteiger partial charge on any atom is 0.266 e. The van der Waals surface area contributed by atoms with Crippen LogP contribution in [0.5, 0.6) is 5.75 Å². The molecule has 1 amide bonds. The zero-order valence-electron chi connectivity index (χ0n) is 13.6. The maximum atomic E-state index is 12.7. The van der Waals surface area contributed by atoms with Crippen LogP contribution in [0.2, 0.25) is 0 Å². The number of para-hydroxylation sites is 1. The van der Waals surface area contributed by atoms with Crippen LogP contribution in [0.25, 0.3) is 0 Å². The summed E-state index contributed by atoms with van der Waals surface area (Å²) in [6, 6.07) is 7.82. The predicted molar refractivity (Wildman–Crippen MR) is 84.6 cm³/mol. The normalized spacial score (nSPS) is 16.9. The lowest BCUT2D eigenvalue weighted by atomic mass is 10.1. The summed E-state index contributed by atoms with van der Waals surface area (Å²) in [5.74, 6) is 0.851. The molecule has 4 heteroatoms. The van der Waals surface area contributed by atoms with Crippen LogP contribution in [0.3, 0.4) is 0 Å². The number of amides is 1. The number of ether oxygens (including phenoxy) is 1. The molecule has 0 aromatic heterocycles. The fourth-order valence-corrected chi connectivity index (χ4v) is 2.64. The molecule has 1 fully saturated rings. The minimum Gasteiger partial charge on any atom is -0.478 e. The highest BCUT2D eigenvalue weighted by Gasteiger charge is 2.35. The number of benzene rings is 1. The molecule has 1 saturated heterocycles. The van der Waals surface area contributed by atoms with E-state index in [-0.39, 0.29) is 5.91 Å². The number of nitrogens with zero attached hydrogens (tertiary/aromatic N) is 2. The van der Waals surface area contributed by atoms with Gasteiger partial charge in [0.25, 0.3) is 5.91 Å². The maximum absolute atomic E-state index is 12.7. The molecule has 4 nitrogen and oxygen atoms in total. The van der Waals surface area contributed by atoms with Gasteiger partial charge in [0.2, 0.25) is 0 Å². The predicted octanol–water partition coefficient (Wildman–Crippen LogP) is 2.32. The number of likely N-dealkylation sites (N-methyl/N-ethyl adjacent to an activating group) is 1. The Morgan fingerprint density at radius 2 is 1.81 bits per heavy atom. The summed E-state index contributed by atoms with van der Waals surface area (Å²) in [6.45, 7) is 12.4. The molecule has 0 radical (unpaired) electrons. The standard InChI is InChI=1S/C17H26N2O2/c1-5-18-10-12-19(13-11-18)16(20)17(3,4)21-15-9-7-6-8-14(15)2/h6-9H,5,10-13H2,1-4H3. The van der Waals surface area contributed by atoms with Crippen molar-refractivity contribution in [3.8, 4) is 5.75 Å². The number of hydrogen-bond acceptors (Lipinski definition) is 3. The number of carbonyl (C=O) groups is 1. The largest absolute Gasteiger partial charge is 0.478 e. The summed E-state index contributed by atoms with van der Waals surface area (Å²) in [7, 11) is 0. The van der Waals surface area contributed by atoms with E-state index in [1.54, 1.807) is 0 Å². The number of piperazine rings is 1. The fraction of sp³-hybridized carbons (Fsp3) is 0.588. The lowest BCUT2D eigenvalue weighted by molar-refractivity contribution is -0.147. The first-order valence-corrected chi connectivity index (χ1v) is 7.70. The third-order valence-corrected chi connectivity index (χ3v) is 4.08. The van der Waals surface area contributed by atoms with Gasteiger partial charge in [0.1, 0.15) is 5.75 Å². The van der Waals surface area contributed by atoms with Crippen LogP contribution in [0.15, 0.2) is 24.3 Å². The third-order valence-electron chi connectivity index (χ3n) is 4.08. The SMILES string of the molecule is CCN1CCN(C(=O)C(C)(C)Oc2ccccc2C)CC1. The van der Waals surface area contributed by atoms with Gasteiger partial charge in [-0.2, -0.15) is 0 Å². The van der Waals surface area contributed by atoms with Gasteiger partial charge in [-0.25, -0.2) is 0 Å². The van der Waals surface area contributed by atoms with Gasteiger partial charge in [-0.05, 0) is 38.9 Å². The molecule has 0 spiro atoms. The van der Waals surface area contributed by atoms with Gasteiger partial charge >= 0.3 is 0 Å². The molecule has 1 aliphatic rings. The first-order chi connectivity index (χ1) is 9.94. The third kappa shape index (κ3) is 3.76. The van der Waals surface area contributed by atoms with E-state index in [9.17, 15) is 4.79 Å². The molecular formula is C17H26N2O2. The Morgan fingerprint density at radius 1 is 1.19 bits per heavy atom. The second-order valence-corrected chi connectivity index (χ2v) is 6.10. The molecule has 0 unspecified atom stereocenters. The Hall–Kier alpha value is -1.55. The van der Waals surface area contributed by atoms with E-state index in [0.29, 0.717) is 0 Å². The molecular weight excluding hydrogens is 264 g/mol. The molecule has 0 saturated carbocycles. The van der Waals surface area contributed by atoms with Gasteiger partial charge in [-0.3, -0.25) is 4.79 Å². The molecule has 1 aliphatic heterocycles. The Labute approximate surface area is 127 Å². The quantitative estimate of drug-likeness (QED) is 0.853. The molecule has 1 aromatic rings. The van der Waals surface area contributed by atoms with E-state index in [1.807, 2.05) is 49.9 Å². The highest BCUT2D eigenvalue weighted by atomic mass is 16.5. The second kappa shape index (κ2) is 6.48. The highest BCUT2D eigenvalue weighted by molar-refractivity contribution is 5.85. The number of rotatable bonds is 4. The van der Waals surface area contributed by atoms with Crippen molar-refractivity contribution in [3.63, 3.8) is 0 Å². The van der Waals surface area contributed by atoms with Crippen LogP contribution < -0.4 is 4.74 Å². The zero-order chi connectivity index (χ0) is 15.5. The topological polar surface area (TPSA) is 32.8 Å². The van der Waals surface area contributed by atoms with Crippen LogP contribution in [-0.4, -0.2) is 54.0 Å². The summed E-state index contributed by atoms with van der Waals surface area (Å²) in [5, 5.41) is 0. The number of hydrogen-bond donors (Lipinski definition) is 0. The van der Waals surface area contributed by atoms with E-state index < -0.39 is 5.60 Å². The van der Waals surface area contributed by atoms with Crippen LogP contribution in [0.4, 0.5) is 0 Å². The van der Waals surface area contributed by atoms with Crippen molar-refractivity contribution in [2.45, 2.75) is 33.3 Å². The second-order valence-electron chi connectivity index (χ2n) is 6.10. The molecule has 0 aliphatic carbocycles. The van der Waals surface area contributed by atoms with Gasteiger partial charge in [-0.1, -0.05) is 25.1 Å². The van der Waals surface area contributed by atoms with E-state index in [2.05, 4.69) is 11.8 Å². The minimum absolute atomic E-state index is 0.0708. The highest BCUT2D eigenvalue weighted by Crippen LogP contribution is 2.24. The van der Waals surface area contributed by atoms with Crippen molar-refractivity contribution in [2.75, 3.05) is 32.7 Å². The van der Waals surface area contributed by atoms with Gasteiger partial charge < -0.3 is 14.5 Å². The van der Waals surface area contributed by atoms with Crippen LogP contribution in [-0.2, 0) is 4.79 Å². The van der Waals surface area contributed by atoms with Crippen molar-refractivity contribution in [1.29, 1.82) is 0 Å². The first kappa shape index (κ1) is 15.8. The van der Waals surface area contributed by atoms with E-state index in [1.165, 1.54) is 0 Å². The summed E-state index contributed by atoms with van der Waals surface area (Å²) >= 11 is 0. The smallest absolute Gasteiger partial charge is 0.266 e. The van der Waals surface area contributed by atoms with Crippen LogP contribution >= 0.6 is 0 Å². The molecule has 1 heterocycles. The summed E-state index contributed by atoms with van der Waals surface area (Å²) in [5.41, 5.74) is 0.217. The Morgan fingerprint density at radius 3 is 2.38 bits per heavy atom. The molecule has 0 N–H and O–H groups in total. The van der Waals surface area contributed by atoms with Crippen molar-refractivity contribution in [2.24, 2.45) is 0 Å². The monoisotopic (exact) mass is 290 g/mol. The average molecular weight is 290 g/mol. The average Bonchev–Trinajstić information content (AvgIpc) is 2.49. The van der Waals surface area contributed by atoms with Gasteiger partial charge in [-0.15, -0.1) is 0 Å². The lowest BCUT2D eigenvalue weighted by Gasteiger charge is -2.38. The Balaban J connectivity index is 2.02. The van der Waals surface area contributed by atoms with E-state index in [0.717, 1.165) is 44.0 Å². The summed E-state index contributed by atoms with van der Waals surface area (Å²) < 4.78 is 6.00. The van der Waals surface area contributed by atoms with Crippen molar-refractivity contribution in [3.05, 3.63) is 29.8 Å². The fourth-order valence-electron chi connectivity index (χ4n) is 2.64. The molecule has 0 bridgehead atoms. The number of carbonyl (C=O) groups excluding carboxylic acids is 1. The van der Waals surface area contributed by atoms with Crippen molar-refractivity contribution < 1.29 is 9.53 Å². The Kier molecular flexibility index (Phi) is 4.88. The Bertz CT molecular complexity index is 491. The summed E-state index contributed by atoms with van der Waals surface area (Å²) in [4.78, 5) is 17.0. The van der Waals surface area contributed by atoms with Gasteiger partial charge in [0, 0.05) is 26.2 Å². The summed E-state index contributed by atoms with van der Waals surface area (Å²) in [6.07, 6.45) is 0. The number of aryl methyl sites for hydroxylation is 1. The molecule has 1 aromatic carbocycles.